The lowest BCUT2D eigenvalue weighted by atomic mass is 10.1. The Kier molecular flexibility index (Phi) is 40.0. The molecule has 6 N–H and O–H groups in total. The number of hydrogen-bond donors (Lipinski definition) is 7. The summed E-state index contributed by atoms with van der Waals surface area (Å²) < 4.78 is 18.8. The lowest BCUT2D eigenvalue weighted by molar-refractivity contribution is -0.146. The Balaban J connectivity index is 0.00000145. The molecule has 0 aromatic rings. The van der Waals surface area contributed by atoms with Crippen molar-refractivity contribution in [2.24, 2.45) is 0 Å². The van der Waals surface area contributed by atoms with Gasteiger partial charge in [0.25, 0.3) is 25.9 Å². The molecule has 1 heterocycles. The molecule has 402 valence electrons. The minimum atomic E-state index is -1.19. The Morgan fingerprint density at radius 1 is 0.614 bits per heavy atom. The fourth-order valence-corrected chi connectivity index (χ4v) is 8.36. The van der Waals surface area contributed by atoms with Gasteiger partial charge < -0.3 is 50.0 Å². The Hall–Kier alpha value is -4.84. The van der Waals surface area contributed by atoms with Crippen molar-refractivity contribution in [2.75, 3.05) is 137 Å². The number of thioether (sulfide) groups is 1. The molecule has 0 aromatic heterocycles. The summed E-state index contributed by atoms with van der Waals surface area (Å²) in [5.74, 6) is -2.94. The van der Waals surface area contributed by atoms with Gasteiger partial charge in [0.2, 0.25) is 11.8 Å². The number of carboxylic acids is 4. The van der Waals surface area contributed by atoms with Gasteiger partial charge in [0.15, 0.2) is 0 Å². The first-order chi connectivity index (χ1) is 33.6. The SMILES string of the molecule is CCN(CCN(CCN(COC=O)COC=O)C(CCCS)C(=O)O)CC(=O)O.O=COCN(CCN(CCN(CC(=O)O)CC(=O)O)CC(=O)NCCNC(=O)CCCCC1CCCS1)COC=O. The summed E-state index contributed by atoms with van der Waals surface area (Å²) in [6, 6.07) is -0.772. The van der Waals surface area contributed by atoms with Crippen LogP contribution in [-0.4, -0.2) is 259 Å². The molecule has 1 fully saturated rings. The fraction of sp³-hybridized carbons (Fsp3) is 0.762. The molecule has 0 saturated carbocycles. The molecule has 70 heavy (non-hydrogen) atoms. The Morgan fingerprint density at radius 2 is 1.07 bits per heavy atom. The summed E-state index contributed by atoms with van der Waals surface area (Å²) >= 11 is 6.15. The molecule has 1 rings (SSSR count). The number of carboxylic acid groups (broad SMARTS) is 4. The summed E-state index contributed by atoms with van der Waals surface area (Å²) in [5.41, 5.74) is 0. The minimum absolute atomic E-state index is 0.0526. The first-order valence-electron chi connectivity index (χ1n) is 22.8. The number of nitrogens with one attached hydrogen (secondary N) is 2. The highest BCUT2D eigenvalue weighted by molar-refractivity contribution is 8.00. The summed E-state index contributed by atoms with van der Waals surface area (Å²) in [5, 5.41) is 43.0. The topological polar surface area (TPSA) is 332 Å². The average Bonchev–Trinajstić information content (AvgIpc) is 3.84. The molecule has 2 amide bonds. The maximum absolute atomic E-state index is 12.6. The monoisotopic (exact) mass is 1040 g/mol. The first-order valence-corrected chi connectivity index (χ1v) is 24.5. The number of carbonyl (C=O) groups excluding carboxylic acids is 6. The summed E-state index contributed by atoms with van der Waals surface area (Å²) in [6.45, 7) is 4.00. The zero-order chi connectivity index (χ0) is 52.4. The van der Waals surface area contributed by atoms with Crippen LogP contribution >= 0.6 is 24.4 Å². The van der Waals surface area contributed by atoms with Crippen LogP contribution in [-0.2, 0) is 66.9 Å². The van der Waals surface area contributed by atoms with Crippen LogP contribution in [0.1, 0.15) is 58.3 Å². The van der Waals surface area contributed by atoms with Crippen LogP contribution < -0.4 is 10.6 Å². The lowest BCUT2D eigenvalue weighted by Crippen LogP contribution is -2.49. The molecule has 1 aliphatic heterocycles. The number of aliphatic carboxylic acids is 4. The van der Waals surface area contributed by atoms with Crippen molar-refractivity contribution in [1.29, 1.82) is 0 Å². The second-order valence-corrected chi connectivity index (χ2v) is 17.6. The van der Waals surface area contributed by atoms with Gasteiger partial charge in [-0.1, -0.05) is 13.3 Å². The average molecular weight is 1040 g/mol. The van der Waals surface area contributed by atoms with E-state index in [9.17, 15) is 53.1 Å². The molecule has 2 atom stereocenters. The van der Waals surface area contributed by atoms with Crippen molar-refractivity contribution in [1.82, 2.24) is 40.0 Å². The van der Waals surface area contributed by atoms with Crippen LogP contribution in [0.2, 0.25) is 0 Å². The number of unbranched alkanes of at least 4 members (excludes halogenated alkanes) is 1. The van der Waals surface area contributed by atoms with Crippen molar-refractivity contribution in [3.63, 3.8) is 0 Å². The quantitative estimate of drug-likeness (QED) is 0.0119. The lowest BCUT2D eigenvalue weighted by Gasteiger charge is -2.32. The molecule has 0 bridgehead atoms. The molecule has 0 aliphatic carbocycles. The largest absolute Gasteiger partial charge is 0.480 e. The molecule has 0 radical (unpaired) electrons. The Morgan fingerprint density at radius 3 is 1.51 bits per heavy atom. The van der Waals surface area contributed by atoms with Crippen LogP contribution in [0.25, 0.3) is 0 Å². The zero-order valence-electron chi connectivity index (χ0n) is 40.0. The van der Waals surface area contributed by atoms with Gasteiger partial charge in [-0.25, -0.2) is 9.80 Å². The number of nitrogens with zero attached hydrogens (tertiary/aromatic N) is 6. The Labute approximate surface area is 418 Å². The second-order valence-electron chi connectivity index (χ2n) is 15.7. The van der Waals surface area contributed by atoms with Crippen molar-refractivity contribution in [2.45, 2.75) is 69.6 Å². The molecule has 1 aliphatic rings. The number of amides is 2. The van der Waals surface area contributed by atoms with Crippen LogP contribution in [0.3, 0.4) is 0 Å². The third-order valence-electron chi connectivity index (χ3n) is 10.4. The van der Waals surface area contributed by atoms with Crippen molar-refractivity contribution in [3.05, 3.63) is 0 Å². The van der Waals surface area contributed by atoms with Gasteiger partial charge in [-0.05, 0) is 56.6 Å². The third kappa shape index (κ3) is 36.2. The van der Waals surface area contributed by atoms with E-state index in [1.807, 2.05) is 18.7 Å². The number of likely N-dealkylation sites (N-methyl/N-ethyl adjacent to an activating group) is 1. The van der Waals surface area contributed by atoms with Gasteiger partial charge in [-0.2, -0.15) is 24.4 Å². The first kappa shape index (κ1) is 65.2. The highest BCUT2D eigenvalue weighted by Crippen LogP contribution is 2.30. The molecular formula is C42H74N8O18S2. The predicted octanol–water partition coefficient (Wildman–Crippen LogP) is -1.57. The van der Waals surface area contributed by atoms with Gasteiger partial charge in [-0.3, -0.25) is 67.5 Å². The van der Waals surface area contributed by atoms with E-state index in [1.54, 1.807) is 14.7 Å². The van der Waals surface area contributed by atoms with Gasteiger partial charge in [0, 0.05) is 77.1 Å². The molecule has 28 heteroatoms. The predicted molar refractivity (Wildman–Crippen MR) is 255 cm³/mol. The summed E-state index contributed by atoms with van der Waals surface area (Å²) in [6.07, 6.45) is 6.97. The van der Waals surface area contributed by atoms with Crippen LogP contribution in [0.4, 0.5) is 0 Å². The molecule has 26 nitrogen and oxygen atoms in total. The molecule has 1 saturated heterocycles. The normalized spacial score (nSPS) is 13.6. The van der Waals surface area contributed by atoms with Crippen molar-refractivity contribution in [3.8, 4) is 0 Å². The van der Waals surface area contributed by atoms with Crippen molar-refractivity contribution < 1.29 is 87.3 Å². The maximum atomic E-state index is 12.6. The Bertz CT molecular complexity index is 1480. The standard InChI is InChI=1S/C25H43N5O10S.C17H31N3O8S/c31-19-39-17-30(18-40-20-32)12-10-28(9-11-29(15-24(35)36)16-25(37)38)14-23(34)27-8-7-26-22(33)6-2-1-4-21-5-3-13-41-21;1-2-18(10-16(23)24)5-7-20(15(17(25)26)4-3-9-29)8-6-19(11-27-13-21)12-28-14-22/h19-21H,1-18H2,(H,26,33)(H,27,34)(H,35,36)(H,37,38);13-15,29H,2-12H2,1H3,(H,23,24)(H,25,26). The molecule has 2 unspecified atom stereocenters. The van der Waals surface area contributed by atoms with E-state index in [0.29, 0.717) is 51.2 Å². The minimum Gasteiger partial charge on any atom is -0.480 e. The van der Waals surface area contributed by atoms with E-state index in [0.717, 1.165) is 24.5 Å². The van der Waals surface area contributed by atoms with Crippen LogP contribution in [0.5, 0.6) is 0 Å². The number of hydrogen-bond acceptors (Lipinski definition) is 22. The van der Waals surface area contributed by atoms with E-state index >= 15 is 0 Å². The number of carbonyl (C=O) groups is 10. The zero-order valence-corrected chi connectivity index (χ0v) is 41.7. The number of thiol groups is 1. The summed E-state index contributed by atoms with van der Waals surface area (Å²) in [4.78, 5) is 121. The fourth-order valence-electron chi connectivity index (χ4n) is 6.84. The molecule has 0 spiro atoms. The van der Waals surface area contributed by atoms with Gasteiger partial charge in [0.05, 0.1) is 26.2 Å². The van der Waals surface area contributed by atoms with E-state index in [-0.39, 0.29) is 124 Å². The van der Waals surface area contributed by atoms with Crippen molar-refractivity contribution >= 4 is 86.0 Å². The van der Waals surface area contributed by atoms with E-state index < -0.39 is 43.0 Å². The smallest absolute Gasteiger partial charge is 0.320 e. The highest BCUT2D eigenvalue weighted by Gasteiger charge is 2.26. The van der Waals surface area contributed by atoms with Crippen LogP contribution in [0, 0.1) is 0 Å². The van der Waals surface area contributed by atoms with Gasteiger partial charge in [-0.15, -0.1) is 0 Å². The summed E-state index contributed by atoms with van der Waals surface area (Å²) in [7, 11) is 0. The number of ether oxygens (including phenoxy) is 4. The molecular weight excluding hydrogens is 969 g/mol. The maximum Gasteiger partial charge on any atom is 0.320 e. The van der Waals surface area contributed by atoms with E-state index in [1.165, 1.54) is 33.3 Å². The van der Waals surface area contributed by atoms with Gasteiger partial charge >= 0.3 is 23.9 Å². The van der Waals surface area contributed by atoms with E-state index in [2.05, 4.69) is 32.7 Å². The third-order valence-corrected chi connectivity index (χ3v) is 12.2. The van der Waals surface area contributed by atoms with Crippen LogP contribution in [0.15, 0.2) is 0 Å². The number of rotatable bonds is 46. The van der Waals surface area contributed by atoms with Gasteiger partial charge in [0.1, 0.15) is 33.0 Å². The highest BCUT2D eigenvalue weighted by atomic mass is 32.2. The second kappa shape index (κ2) is 43.0. The van der Waals surface area contributed by atoms with E-state index in [4.69, 9.17) is 24.8 Å². The molecule has 0 aromatic carbocycles.